The highest BCUT2D eigenvalue weighted by Gasteiger charge is 2.59. The van der Waals surface area contributed by atoms with Crippen LogP contribution in [0.2, 0.25) is 0 Å². The first-order valence-corrected chi connectivity index (χ1v) is 9.59. The Hall–Kier alpha value is -1.80. The number of piperidine rings is 1. The molecule has 3 heterocycles. The summed E-state index contributed by atoms with van der Waals surface area (Å²) in [4.78, 5) is 2.73. The molecule has 6 atom stereocenters. The monoisotopic (exact) mass is 333 g/mol. The van der Waals surface area contributed by atoms with Gasteiger partial charge < -0.3 is 4.42 Å². The van der Waals surface area contributed by atoms with Crippen LogP contribution in [0.4, 0.5) is 0 Å². The van der Waals surface area contributed by atoms with Crippen LogP contribution in [0, 0.1) is 18.3 Å². The van der Waals surface area contributed by atoms with E-state index in [1.54, 1.807) is 0 Å². The lowest BCUT2D eigenvalue weighted by atomic mass is 9.63. The zero-order chi connectivity index (χ0) is 17.5. The fourth-order valence-corrected chi connectivity index (χ4v) is 6.00. The first-order chi connectivity index (χ1) is 11.9. The predicted molar refractivity (Wildman–Crippen MR) is 104 cm³/mol. The zero-order valence-corrected chi connectivity index (χ0v) is 15.8. The number of benzene rings is 2. The number of fused-ring (bicyclic) bond motifs is 5. The van der Waals surface area contributed by atoms with Gasteiger partial charge in [-0.15, -0.1) is 0 Å². The third kappa shape index (κ3) is 1.84. The lowest BCUT2D eigenvalue weighted by Gasteiger charge is -2.44. The molecular weight excluding hydrogens is 306 g/mol. The summed E-state index contributed by atoms with van der Waals surface area (Å²) in [5.41, 5.74) is 5.27. The van der Waals surface area contributed by atoms with Crippen LogP contribution in [0.5, 0.6) is 0 Å². The van der Waals surface area contributed by atoms with Crippen LogP contribution in [0.3, 0.4) is 0 Å². The molecule has 0 aliphatic carbocycles. The van der Waals surface area contributed by atoms with Gasteiger partial charge in [0, 0.05) is 35.3 Å². The minimum atomic E-state index is 0.358. The second-order valence-electron chi connectivity index (χ2n) is 8.73. The van der Waals surface area contributed by atoms with Gasteiger partial charge in [0.05, 0.1) is 0 Å². The topological polar surface area (TPSA) is 16.4 Å². The van der Waals surface area contributed by atoms with E-state index in [1.165, 1.54) is 28.4 Å². The first kappa shape index (κ1) is 15.5. The van der Waals surface area contributed by atoms with Crippen molar-refractivity contribution in [1.82, 2.24) is 4.90 Å². The van der Waals surface area contributed by atoms with Crippen molar-refractivity contribution in [2.75, 3.05) is 6.54 Å². The molecule has 0 saturated carbocycles. The summed E-state index contributed by atoms with van der Waals surface area (Å²) in [6.45, 7) is 13.3. The minimum absolute atomic E-state index is 0.358. The third-order valence-electron chi connectivity index (χ3n) is 7.63. The van der Waals surface area contributed by atoms with Gasteiger partial charge in [-0.25, -0.2) is 0 Å². The highest BCUT2D eigenvalue weighted by molar-refractivity contribution is 6.05. The number of para-hydroxylation sites is 1. The molecule has 5 rings (SSSR count). The lowest BCUT2D eigenvalue weighted by molar-refractivity contribution is 0.112. The summed E-state index contributed by atoms with van der Waals surface area (Å²) < 4.78 is 6.09. The van der Waals surface area contributed by atoms with E-state index in [0.717, 1.165) is 17.1 Å². The molecular formula is C23H27NO. The van der Waals surface area contributed by atoms with Crippen LogP contribution in [-0.2, 0) is 0 Å². The number of aryl methyl sites for hydroxylation is 1. The van der Waals surface area contributed by atoms with Crippen LogP contribution in [0.15, 0.2) is 40.8 Å². The molecule has 0 spiro atoms. The smallest absolute Gasteiger partial charge is 0.135 e. The molecule has 2 nitrogen and oxygen atoms in total. The standard InChI is InChI=1S/C23H27NO/c1-13-10-21-19(17-8-6-7-9-20(17)25-21)11-18(13)22-16(4)24-12-23(22,5)14(2)15(24)3/h6-11,14-16,22H,12H2,1-5H3/t14?,15?,16-,22?,23?/m1/s1. The Morgan fingerprint density at radius 1 is 1.00 bits per heavy atom. The highest BCUT2D eigenvalue weighted by atomic mass is 16.3. The van der Waals surface area contributed by atoms with E-state index in [-0.39, 0.29) is 0 Å². The Kier molecular flexibility index (Phi) is 3.02. The highest BCUT2D eigenvalue weighted by Crippen LogP contribution is 2.59. The molecule has 0 N–H and O–H groups in total. The average molecular weight is 333 g/mol. The summed E-state index contributed by atoms with van der Waals surface area (Å²) >= 11 is 0. The molecule has 3 aromatic rings. The summed E-state index contributed by atoms with van der Waals surface area (Å²) in [5, 5.41) is 2.51. The van der Waals surface area contributed by atoms with Crippen molar-refractivity contribution < 1.29 is 4.42 Å². The number of furan rings is 1. The van der Waals surface area contributed by atoms with Gasteiger partial charge in [-0.05, 0) is 61.4 Å². The Morgan fingerprint density at radius 2 is 1.76 bits per heavy atom. The van der Waals surface area contributed by atoms with Crippen LogP contribution in [0.1, 0.15) is 44.7 Å². The van der Waals surface area contributed by atoms with Crippen molar-refractivity contribution in [3.63, 3.8) is 0 Å². The van der Waals surface area contributed by atoms with E-state index < -0.39 is 0 Å². The van der Waals surface area contributed by atoms with Gasteiger partial charge in [-0.1, -0.05) is 32.0 Å². The molecule has 0 radical (unpaired) electrons. The van der Waals surface area contributed by atoms with Crippen molar-refractivity contribution in [1.29, 1.82) is 0 Å². The van der Waals surface area contributed by atoms with Crippen LogP contribution < -0.4 is 0 Å². The molecule has 2 saturated heterocycles. The second-order valence-corrected chi connectivity index (χ2v) is 8.73. The SMILES string of the molecule is Cc1cc2oc3ccccc3c2cc1C1[C@@H](C)N2CC1(C)C(C)C2C. The normalized spacial score (nSPS) is 37.4. The van der Waals surface area contributed by atoms with E-state index in [1.807, 2.05) is 6.07 Å². The van der Waals surface area contributed by atoms with Crippen molar-refractivity contribution in [3.05, 3.63) is 47.5 Å². The van der Waals surface area contributed by atoms with Crippen molar-refractivity contribution >= 4 is 21.9 Å². The quantitative estimate of drug-likeness (QED) is 0.566. The molecule has 2 aromatic carbocycles. The first-order valence-electron chi connectivity index (χ1n) is 9.59. The van der Waals surface area contributed by atoms with Crippen LogP contribution >= 0.6 is 0 Å². The van der Waals surface area contributed by atoms with Crippen molar-refractivity contribution in [3.8, 4) is 0 Å². The number of hydrogen-bond acceptors (Lipinski definition) is 2. The summed E-state index contributed by atoms with van der Waals surface area (Å²) in [5.74, 6) is 1.32. The Balaban J connectivity index is 1.73. The molecule has 25 heavy (non-hydrogen) atoms. The average Bonchev–Trinajstić information content (AvgIpc) is 3.15. The van der Waals surface area contributed by atoms with Crippen LogP contribution in [-0.4, -0.2) is 23.5 Å². The minimum Gasteiger partial charge on any atom is -0.456 e. The van der Waals surface area contributed by atoms with Gasteiger partial charge in [0.25, 0.3) is 0 Å². The molecule has 2 aliphatic heterocycles. The van der Waals surface area contributed by atoms with Gasteiger partial charge in [-0.2, -0.15) is 0 Å². The van der Waals surface area contributed by atoms with E-state index in [0.29, 0.717) is 23.4 Å². The number of nitrogens with zero attached hydrogens (tertiary/aromatic N) is 1. The zero-order valence-electron chi connectivity index (χ0n) is 15.8. The fraction of sp³-hybridized carbons (Fsp3) is 0.478. The summed E-state index contributed by atoms with van der Waals surface area (Å²) in [6.07, 6.45) is 0. The molecule has 5 unspecified atom stereocenters. The fourth-order valence-electron chi connectivity index (χ4n) is 6.00. The van der Waals surface area contributed by atoms with E-state index in [2.05, 4.69) is 69.9 Å². The van der Waals surface area contributed by atoms with Gasteiger partial charge in [0.15, 0.2) is 0 Å². The molecule has 2 heteroatoms. The van der Waals surface area contributed by atoms with Crippen molar-refractivity contribution in [2.24, 2.45) is 11.3 Å². The van der Waals surface area contributed by atoms with Crippen molar-refractivity contribution in [2.45, 2.75) is 52.6 Å². The Labute approximate surface area is 149 Å². The van der Waals surface area contributed by atoms with Gasteiger partial charge in [0.2, 0.25) is 0 Å². The van der Waals surface area contributed by atoms with Crippen LogP contribution in [0.25, 0.3) is 21.9 Å². The summed E-state index contributed by atoms with van der Waals surface area (Å²) in [6, 6.07) is 14.4. The lowest BCUT2D eigenvalue weighted by Crippen LogP contribution is -2.45. The van der Waals surface area contributed by atoms with E-state index in [4.69, 9.17) is 4.42 Å². The van der Waals surface area contributed by atoms with Gasteiger partial charge in [0.1, 0.15) is 11.2 Å². The second kappa shape index (κ2) is 4.88. The van der Waals surface area contributed by atoms with E-state index >= 15 is 0 Å². The molecule has 2 aliphatic rings. The molecule has 1 aromatic heterocycles. The maximum atomic E-state index is 6.09. The molecule has 2 fully saturated rings. The summed E-state index contributed by atoms with van der Waals surface area (Å²) in [7, 11) is 0. The maximum absolute atomic E-state index is 6.09. The predicted octanol–water partition coefficient (Wildman–Crippen LogP) is 5.73. The largest absolute Gasteiger partial charge is 0.456 e. The Bertz CT molecular complexity index is 986. The van der Waals surface area contributed by atoms with Gasteiger partial charge in [-0.3, -0.25) is 4.90 Å². The number of rotatable bonds is 1. The van der Waals surface area contributed by atoms with E-state index in [9.17, 15) is 0 Å². The Morgan fingerprint density at radius 3 is 2.52 bits per heavy atom. The maximum Gasteiger partial charge on any atom is 0.135 e. The number of hydrogen-bond donors (Lipinski definition) is 0. The molecule has 2 bridgehead atoms. The third-order valence-corrected chi connectivity index (χ3v) is 7.63. The molecule has 0 amide bonds. The molecule has 130 valence electrons. The van der Waals surface area contributed by atoms with Gasteiger partial charge >= 0.3 is 0 Å².